The lowest BCUT2D eigenvalue weighted by Gasteiger charge is -1.99. The second-order valence-electron chi connectivity index (χ2n) is 3.97. The molecule has 96 valence electrons. The molecule has 19 heavy (non-hydrogen) atoms. The maximum absolute atomic E-state index is 6.02. The summed E-state index contributed by atoms with van der Waals surface area (Å²) in [5, 5.41) is 0.639. The Morgan fingerprint density at radius 1 is 1.11 bits per heavy atom. The van der Waals surface area contributed by atoms with Crippen LogP contribution in [0.2, 0.25) is 5.02 Å². The van der Waals surface area contributed by atoms with E-state index in [1.54, 1.807) is 12.3 Å². The van der Waals surface area contributed by atoms with Crippen LogP contribution in [-0.4, -0.2) is 13.0 Å². The molecule has 0 fully saturated rings. The van der Waals surface area contributed by atoms with Crippen molar-refractivity contribution in [2.75, 3.05) is 6.79 Å². The second-order valence-corrected chi connectivity index (χ2v) is 5.23. The predicted octanol–water partition coefficient (Wildman–Crippen LogP) is 4.58. The Hall–Kier alpha value is -1.52. The molecule has 0 atom stereocenters. The lowest BCUT2D eigenvalue weighted by molar-refractivity contribution is 0.174. The Bertz CT molecular complexity index is 658. The Kier molecular flexibility index (Phi) is 3.44. The zero-order valence-corrected chi connectivity index (χ0v) is 12.1. The summed E-state index contributed by atoms with van der Waals surface area (Å²) in [5.41, 5.74) is 1.74. The highest BCUT2D eigenvalue weighted by Crippen LogP contribution is 2.32. The van der Waals surface area contributed by atoms with Gasteiger partial charge in [-0.2, -0.15) is 0 Å². The monoisotopic (exact) mass is 337 g/mol. The van der Waals surface area contributed by atoms with E-state index in [4.69, 9.17) is 21.1 Å². The van der Waals surface area contributed by atoms with Crippen molar-refractivity contribution in [2.24, 2.45) is 4.99 Å². The van der Waals surface area contributed by atoms with E-state index < -0.39 is 0 Å². The molecule has 0 saturated carbocycles. The van der Waals surface area contributed by atoms with Gasteiger partial charge in [-0.1, -0.05) is 11.6 Å². The Morgan fingerprint density at radius 2 is 1.95 bits per heavy atom. The highest BCUT2D eigenvalue weighted by atomic mass is 79.9. The van der Waals surface area contributed by atoms with Gasteiger partial charge in [0.25, 0.3) is 0 Å². The number of aliphatic imine (C=N–C) groups is 1. The molecule has 2 aromatic rings. The molecule has 0 aromatic heterocycles. The molecule has 2 aromatic carbocycles. The summed E-state index contributed by atoms with van der Waals surface area (Å²) in [7, 11) is 0. The van der Waals surface area contributed by atoms with Gasteiger partial charge in [-0.05, 0) is 57.9 Å². The third kappa shape index (κ3) is 2.74. The summed E-state index contributed by atoms with van der Waals surface area (Å²) < 4.78 is 11.4. The molecule has 3 nitrogen and oxygen atoms in total. The van der Waals surface area contributed by atoms with Crippen LogP contribution in [0.25, 0.3) is 0 Å². The molecule has 3 rings (SSSR count). The molecule has 0 aliphatic carbocycles. The standard InChI is InChI=1S/C14H9BrClNO2/c15-11-3-2-10(6-12(11)16)17-7-9-1-4-13-14(5-9)19-8-18-13/h1-7H,8H2. The minimum absolute atomic E-state index is 0.276. The number of benzene rings is 2. The first kappa shape index (κ1) is 12.5. The fourth-order valence-electron chi connectivity index (χ4n) is 1.71. The third-order valence-electron chi connectivity index (χ3n) is 2.66. The maximum Gasteiger partial charge on any atom is 0.231 e. The van der Waals surface area contributed by atoms with Crippen molar-refractivity contribution in [3.8, 4) is 11.5 Å². The molecule has 0 saturated heterocycles. The van der Waals surface area contributed by atoms with Crippen LogP contribution in [0.15, 0.2) is 45.9 Å². The third-order valence-corrected chi connectivity index (χ3v) is 3.89. The molecule has 0 N–H and O–H groups in total. The number of ether oxygens (including phenoxy) is 2. The van der Waals surface area contributed by atoms with Crippen LogP contribution in [0.3, 0.4) is 0 Å². The number of nitrogens with zero attached hydrogens (tertiary/aromatic N) is 1. The van der Waals surface area contributed by atoms with Crippen LogP contribution in [0.1, 0.15) is 5.56 Å². The Labute approximate surface area is 124 Å². The number of fused-ring (bicyclic) bond motifs is 1. The lowest BCUT2D eigenvalue weighted by Crippen LogP contribution is -1.92. The van der Waals surface area contributed by atoms with Gasteiger partial charge in [0.15, 0.2) is 11.5 Å². The summed E-state index contributed by atoms with van der Waals surface area (Å²) in [4.78, 5) is 4.38. The molecule has 0 radical (unpaired) electrons. The van der Waals surface area contributed by atoms with E-state index in [0.717, 1.165) is 27.2 Å². The fourth-order valence-corrected chi connectivity index (χ4v) is 2.13. The van der Waals surface area contributed by atoms with E-state index in [2.05, 4.69) is 20.9 Å². The van der Waals surface area contributed by atoms with Gasteiger partial charge < -0.3 is 9.47 Å². The van der Waals surface area contributed by atoms with Gasteiger partial charge in [0.1, 0.15) is 0 Å². The average Bonchev–Trinajstić information content (AvgIpc) is 2.87. The van der Waals surface area contributed by atoms with Gasteiger partial charge in [-0.3, -0.25) is 4.99 Å². The van der Waals surface area contributed by atoms with Crippen LogP contribution in [0.5, 0.6) is 11.5 Å². The maximum atomic E-state index is 6.02. The molecule has 1 aliphatic heterocycles. The summed E-state index contributed by atoms with van der Waals surface area (Å²) in [6, 6.07) is 11.3. The van der Waals surface area contributed by atoms with Crippen LogP contribution < -0.4 is 9.47 Å². The first-order valence-electron chi connectivity index (χ1n) is 5.61. The molecule has 0 bridgehead atoms. The van der Waals surface area contributed by atoms with E-state index >= 15 is 0 Å². The summed E-state index contributed by atoms with van der Waals surface area (Å²) in [5.74, 6) is 1.52. The zero-order valence-electron chi connectivity index (χ0n) is 9.77. The molecule has 0 amide bonds. The number of rotatable bonds is 2. The quantitative estimate of drug-likeness (QED) is 0.750. The van der Waals surface area contributed by atoms with Gasteiger partial charge in [-0.15, -0.1) is 0 Å². The summed E-state index contributed by atoms with van der Waals surface area (Å²) in [6.07, 6.45) is 1.77. The lowest BCUT2D eigenvalue weighted by atomic mass is 10.2. The fraction of sp³-hybridized carbons (Fsp3) is 0.0714. The molecule has 1 aliphatic rings. The highest BCUT2D eigenvalue weighted by molar-refractivity contribution is 9.10. The van der Waals surface area contributed by atoms with Crippen molar-refractivity contribution in [3.05, 3.63) is 51.5 Å². The molecule has 0 unspecified atom stereocenters. The average molecular weight is 339 g/mol. The van der Waals surface area contributed by atoms with Crippen molar-refractivity contribution >= 4 is 39.4 Å². The minimum atomic E-state index is 0.276. The molecule has 5 heteroatoms. The van der Waals surface area contributed by atoms with Crippen molar-refractivity contribution in [3.63, 3.8) is 0 Å². The van der Waals surface area contributed by atoms with Crippen molar-refractivity contribution < 1.29 is 9.47 Å². The van der Waals surface area contributed by atoms with E-state index in [9.17, 15) is 0 Å². The minimum Gasteiger partial charge on any atom is -0.454 e. The van der Waals surface area contributed by atoms with Gasteiger partial charge in [-0.25, -0.2) is 0 Å². The van der Waals surface area contributed by atoms with Gasteiger partial charge in [0.05, 0.1) is 10.7 Å². The molecular weight excluding hydrogens is 330 g/mol. The Morgan fingerprint density at radius 3 is 2.79 bits per heavy atom. The van der Waals surface area contributed by atoms with E-state index in [1.165, 1.54) is 0 Å². The molecule has 1 heterocycles. The van der Waals surface area contributed by atoms with E-state index in [0.29, 0.717) is 5.02 Å². The van der Waals surface area contributed by atoms with E-state index in [-0.39, 0.29) is 6.79 Å². The number of hydrogen-bond donors (Lipinski definition) is 0. The van der Waals surface area contributed by atoms with Crippen LogP contribution >= 0.6 is 27.5 Å². The summed E-state index contributed by atoms with van der Waals surface area (Å²) in [6.45, 7) is 0.276. The van der Waals surface area contributed by atoms with E-state index in [1.807, 2.05) is 30.3 Å². The van der Waals surface area contributed by atoms with Crippen molar-refractivity contribution in [1.29, 1.82) is 0 Å². The first-order valence-corrected chi connectivity index (χ1v) is 6.78. The second kappa shape index (κ2) is 5.23. The largest absolute Gasteiger partial charge is 0.454 e. The zero-order chi connectivity index (χ0) is 13.2. The van der Waals surface area contributed by atoms with Crippen LogP contribution in [0.4, 0.5) is 5.69 Å². The Balaban J connectivity index is 1.84. The van der Waals surface area contributed by atoms with Gasteiger partial charge in [0.2, 0.25) is 6.79 Å². The van der Waals surface area contributed by atoms with Crippen LogP contribution in [0, 0.1) is 0 Å². The topological polar surface area (TPSA) is 30.8 Å². The molecular formula is C14H9BrClNO2. The van der Waals surface area contributed by atoms with Crippen molar-refractivity contribution in [2.45, 2.75) is 0 Å². The normalized spacial score (nSPS) is 13.2. The van der Waals surface area contributed by atoms with Crippen LogP contribution in [-0.2, 0) is 0 Å². The molecule has 0 spiro atoms. The summed E-state index contributed by atoms with van der Waals surface area (Å²) >= 11 is 9.36. The SMILES string of the molecule is Clc1cc(N=Cc2ccc3c(c2)OCO3)ccc1Br. The van der Waals surface area contributed by atoms with Crippen molar-refractivity contribution in [1.82, 2.24) is 0 Å². The number of hydrogen-bond acceptors (Lipinski definition) is 3. The van der Waals surface area contributed by atoms with Gasteiger partial charge in [0, 0.05) is 10.7 Å². The van der Waals surface area contributed by atoms with Gasteiger partial charge >= 0.3 is 0 Å². The highest BCUT2D eigenvalue weighted by Gasteiger charge is 2.12. The number of halogens is 2. The first-order chi connectivity index (χ1) is 9.22. The smallest absolute Gasteiger partial charge is 0.231 e. The predicted molar refractivity (Wildman–Crippen MR) is 79.0 cm³/mol.